The number of amides is 1. The minimum atomic E-state index is -0.283. The summed E-state index contributed by atoms with van der Waals surface area (Å²) < 4.78 is 14.9. The predicted molar refractivity (Wildman–Crippen MR) is 95.5 cm³/mol. The van der Waals surface area contributed by atoms with E-state index in [0.717, 1.165) is 43.9 Å². The molecule has 0 bridgehead atoms. The average Bonchev–Trinajstić information content (AvgIpc) is 3.06. The van der Waals surface area contributed by atoms with Crippen LogP contribution in [0.2, 0.25) is 0 Å². The van der Waals surface area contributed by atoms with Crippen LogP contribution in [0.1, 0.15) is 35.8 Å². The first kappa shape index (κ1) is 17.6. The van der Waals surface area contributed by atoms with Gasteiger partial charge in [0.1, 0.15) is 5.82 Å². The third-order valence-electron chi connectivity index (χ3n) is 4.90. The maximum absolute atomic E-state index is 13.2. The predicted octanol–water partition coefficient (Wildman–Crippen LogP) is 2.65. The monoisotopic (exact) mass is 344 g/mol. The van der Waals surface area contributed by atoms with Crippen LogP contribution in [0.15, 0.2) is 30.5 Å². The lowest BCUT2D eigenvalue weighted by Gasteiger charge is -2.32. The molecular weight excluding hydrogens is 319 g/mol. The standard InChI is InChI=1S/C19H25FN4O/c1-3-18-17(13-22-24(18)16-6-4-15(20)5-7-16)19(25)23-10-8-14(9-11-23)12-21-2/h4-7,13-14,21H,3,8-12H2,1-2H3. The van der Waals surface area contributed by atoms with Crippen molar-refractivity contribution in [2.45, 2.75) is 26.2 Å². The van der Waals surface area contributed by atoms with E-state index in [0.29, 0.717) is 17.9 Å². The van der Waals surface area contributed by atoms with Crippen LogP contribution in [0.25, 0.3) is 5.69 Å². The fourth-order valence-corrected chi connectivity index (χ4v) is 3.50. The zero-order valence-corrected chi connectivity index (χ0v) is 14.8. The lowest BCUT2D eigenvalue weighted by atomic mass is 9.96. The second-order valence-electron chi connectivity index (χ2n) is 6.54. The van der Waals surface area contributed by atoms with E-state index in [9.17, 15) is 9.18 Å². The summed E-state index contributed by atoms with van der Waals surface area (Å²) in [5, 5.41) is 7.60. The summed E-state index contributed by atoms with van der Waals surface area (Å²) >= 11 is 0. The first-order valence-electron chi connectivity index (χ1n) is 8.90. The molecule has 0 unspecified atom stereocenters. The molecule has 1 amide bonds. The van der Waals surface area contributed by atoms with Crippen molar-refractivity contribution >= 4 is 5.91 Å². The SMILES string of the molecule is CCc1c(C(=O)N2CCC(CNC)CC2)cnn1-c1ccc(F)cc1. The second kappa shape index (κ2) is 7.78. The fraction of sp³-hybridized carbons (Fsp3) is 0.474. The van der Waals surface area contributed by atoms with E-state index in [4.69, 9.17) is 0 Å². The molecule has 0 atom stereocenters. The third kappa shape index (κ3) is 3.74. The van der Waals surface area contributed by atoms with Gasteiger partial charge in [-0.05, 0) is 63.0 Å². The number of hydrogen-bond acceptors (Lipinski definition) is 3. The van der Waals surface area contributed by atoms with E-state index in [2.05, 4.69) is 10.4 Å². The van der Waals surface area contributed by atoms with Gasteiger partial charge in [0.25, 0.3) is 5.91 Å². The van der Waals surface area contributed by atoms with Gasteiger partial charge in [-0.15, -0.1) is 0 Å². The first-order chi connectivity index (χ1) is 12.1. The summed E-state index contributed by atoms with van der Waals surface area (Å²) in [5.41, 5.74) is 2.29. The van der Waals surface area contributed by atoms with Crippen molar-refractivity contribution in [1.82, 2.24) is 20.0 Å². The molecule has 1 fully saturated rings. The molecule has 1 saturated heterocycles. The zero-order chi connectivity index (χ0) is 17.8. The summed E-state index contributed by atoms with van der Waals surface area (Å²) in [6.45, 7) is 4.59. The Labute approximate surface area is 147 Å². The number of nitrogens with zero attached hydrogens (tertiary/aromatic N) is 3. The summed E-state index contributed by atoms with van der Waals surface area (Å²) in [4.78, 5) is 14.9. The summed E-state index contributed by atoms with van der Waals surface area (Å²) in [7, 11) is 1.97. The van der Waals surface area contributed by atoms with Crippen molar-refractivity contribution in [3.8, 4) is 5.69 Å². The van der Waals surface area contributed by atoms with Gasteiger partial charge >= 0.3 is 0 Å². The van der Waals surface area contributed by atoms with Gasteiger partial charge in [-0.1, -0.05) is 6.92 Å². The number of aromatic nitrogens is 2. The maximum atomic E-state index is 13.2. The summed E-state index contributed by atoms with van der Waals surface area (Å²) in [5.74, 6) is 0.407. The highest BCUT2D eigenvalue weighted by atomic mass is 19.1. The van der Waals surface area contributed by atoms with Crippen molar-refractivity contribution in [2.75, 3.05) is 26.7 Å². The Morgan fingerprint density at radius 1 is 1.28 bits per heavy atom. The highest BCUT2D eigenvalue weighted by molar-refractivity contribution is 5.95. The summed E-state index contributed by atoms with van der Waals surface area (Å²) in [6, 6.07) is 6.17. The number of piperidine rings is 1. The van der Waals surface area contributed by atoms with Gasteiger partial charge in [-0.2, -0.15) is 5.10 Å². The number of halogens is 1. The first-order valence-corrected chi connectivity index (χ1v) is 8.90. The van der Waals surface area contributed by atoms with Crippen molar-refractivity contribution in [2.24, 2.45) is 5.92 Å². The van der Waals surface area contributed by atoms with Crippen LogP contribution in [-0.2, 0) is 6.42 Å². The Kier molecular flexibility index (Phi) is 5.48. The van der Waals surface area contributed by atoms with Crippen LogP contribution in [0.5, 0.6) is 0 Å². The minimum absolute atomic E-state index is 0.0492. The molecule has 3 rings (SSSR count). The Morgan fingerprint density at radius 2 is 1.96 bits per heavy atom. The van der Waals surface area contributed by atoms with Crippen LogP contribution >= 0.6 is 0 Å². The molecule has 1 aliphatic heterocycles. The molecule has 0 saturated carbocycles. The molecule has 0 radical (unpaired) electrons. The van der Waals surface area contributed by atoms with Crippen molar-refractivity contribution in [1.29, 1.82) is 0 Å². The zero-order valence-electron chi connectivity index (χ0n) is 14.8. The lowest BCUT2D eigenvalue weighted by molar-refractivity contribution is 0.0690. The van der Waals surface area contributed by atoms with Crippen LogP contribution in [-0.4, -0.2) is 47.3 Å². The molecule has 2 heterocycles. The van der Waals surface area contributed by atoms with E-state index in [-0.39, 0.29) is 11.7 Å². The minimum Gasteiger partial charge on any atom is -0.339 e. The van der Waals surface area contributed by atoms with E-state index < -0.39 is 0 Å². The molecule has 1 N–H and O–H groups in total. The molecule has 25 heavy (non-hydrogen) atoms. The lowest BCUT2D eigenvalue weighted by Crippen LogP contribution is -2.40. The van der Waals surface area contributed by atoms with Gasteiger partial charge in [-0.25, -0.2) is 9.07 Å². The van der Waals surface area contributed by atoms with Crippen molar-refractivity contribution < 1.29 is 9.18 Å². The molecule has 1 aliphatic rings. The number of carbonyl (C=O) groups excluding carboxylic acids is 1. The molecule has 5 nitrogen and oxygen atoms in total. The maximum Gasteiger partial charge on any atom is 0.257 e. The molecule has 0 spiro atoms. The number of carbonyl (C=O) groups is 1. The number of likely N-dealkylation sites (tertiary alicyclic amines) is 1. The van der Waals surface area contributed by atoms with Crippen LogP contribution in [0, 0.1) is 11.7 Å². The normalized spacial score (nSPS) is 15.6. The molecule has 134 valence electrons. The molecule has 1 aromatic carbocycles. The van der Waals surface area contributed by atoms with E-state index in [1.807, 2.05) is 18.9 Å². The topological polar surface area (TPSA) is 50.2 Å². The van der Waals surface area contributed by atoms with Crippen LogP contribution in [0.4, 0.5) is 4.39 Å². The van der Waals surface area contributed by atoms with Gasteiger partial charge in [0.15, 0.2) is 0 Å². The quantitative estimate of drug-likeness (QED) is 0.907. The molecule has 0 aliphatic carbocycles. The molecule has 6 heteroatoms. The van der Waals surface area contributed by atoms with E-state index in [1.165, 1.54) is 12.1 Å². The van der Waals surface area contributed by atoms with Crippen molar-refractivity contribution in [3.05, 3.63) is 47.5 Å². The fourth-order valence-electron chi connectivity index (χ4n) is 3.50. The van der Waals surface area contributed by atoms with Gasteiger partial charge in [-0.3, -0.25) is 4.79 Å². The largest absolute Gasteiger partial charge is 0.339 e. The Bertz CT molecular complexity index is 718. The van der Waals surface area contributed by atoms with Gasteiger partial charge in [0.05, 0.1) is 23.1 Å². The molecule has 2 aromatic rings. The number of rotatable bonds is 5. The Balaban J connectivity index is 1.79. The molecule has 1 aromatic heterocycles. The molecular formula is C19H25FN4O. The Morgan fingerprint density at radius 3 is 2.56 bits per heavy atom. The second-order valence-corrected chi connectivity index (χ2v) is 6.54. The summed E-state index contributed by atoms with van der Waals surface area (Å²) in [6.07, 6.45) is 4.39. The number of benzene rings is 1. The highest BCUT2D eigenvalue weighted by Gasteiger charge is 2.26. The van der Waals surface area contributed by atoms with Crippen molar-refractivity contribution in [3.63, 3.8) is 0 Å². The van der Waals surface area contributed by atoms with Gasteiger partial charge in [0.2, 0.25) is 0 Å². The van der Waals surface area contributed by atoms with Gasteiger partial charge in [0, 0.05) is 13.1 Å². The van der Waals surface area contributed by atoms with Gasteiger partial charge < -0.3 is 10.2 Å². The third-order valence-corrected chi connectivity index (χ3v) is 4.90. The smallest absolute Gasteiger partial charge is 0.257 e. The number of hydrogen-bond donors (Lipinski definition) is 1. The number of nitrogens with one attached hydrogen (secondary N) is 1. The average molecular weight is 344 g/mol. The highest BCUT2D eigenvalue weighted by Crippen LogP contribution is 2.22. The Hall–Kier alpha value is -2.21. The van der Waals surface area contributed by atoms with Crippen LogP contribution < -0.4 is 5.32 Å². The van der Waals surface area contributed by atoms with E-state index in [1.54, 1.807) is 23.0 Å². The van der Waals surface area contributed by atoms with Crippen LogP contribution in [0.3, 0.4) is 0 Å². The van der Waals surface area contributed by atoms with E-state index >= 15 is 0 Å².